The highest BCUT2D eigenvalue weighted by atomic mass is 32.2. The highest BCUT2D eigenvalue weighted by Gasteiger charge is 2.29. The molecule has 5 heteroatoms. The van der Waals surface area contributed by atoms with E-state index in [2.05, 4.69) is 44.5 Å². The first-order valence-electron chi connectivity index (χ1n) is 7.28. The third kappa shape index (κ3) is 4.67. The number of benzene rings is 2. The standard InChI is InChI=1S/C18H20F3NS/c1-12-11-14(7-10-16(12)17(2,3)4)22-23-15-8-5-13(6-9-15)18(19,20)21/h5-11,22H,1-4H3. The van der Waals surface area contributed by atoms with Crippen LogP contribution in [0.5, 0.6) is 0 Å². The number of aryl methyl sites for hydroxylation is 1. The molecule has 0 spiro atoms. The molecule has 2 aromatic rings. The molecule has 23 heavy (non-hydrogen) atoms. The first-order valence-corrected chi connectivity index (χ1v) is 8.10. The van der Waals surface area contributed by atoms with E-state index in [0.717, 1.165) is 22.7 Å². The summed E-state index contributed by atoms with van der Waals surface area (Å²) < 4.78 is 40.8. The van der Waals surface area contributed by atoms with Crippen molar-refractivity contribution in [1.29, 1.82) is 0 Å². The first-order chi connectivity index (χ1) is 10.6. The lowest BCUT2D eigenvalue weighted by Gasteiger charge is -2.22. The predicted octanol–water partition coefficient (Wildman–Crippen LogP) is 6.43. The Bertz CT molecular complexity index is 670. The molecule has 0 saturated carbocycles. The van der Waals surface area contributed by atoms with Gasteiger partial charge in [-0.15, -0.1) is 0 Å². The fourth-order valence-electron chi connectivity index (χ4n) is 2.40. The summed E-state index contributed by atoms with van der Waals surface area (Å²) in [7, 11) is 0. The van der Waals surface area contributed by atoms with Crippen LogP contribution in [0.15, 0.2) is 47.4 Å². The summed E-state index contributed by atoms with van der Waals surface area (Å²) in [5, 5.41) is 0. The monoisotopic (exact) mass is 339 g/mol. The Kier molecular flexibility index (Phi) is 4.99. The summed E-state index contributed by atoms with van der Waals surface area (Å²) in [6.07, 6.45) is -4.30. The molecule has 0 fully saturated rings. The Balaban J connectivity index is 2.05. The number of anilines is 1. The maximum Gasteiger partial charge on any atom is 0.416 e. The van der Waals surface area contributed by atoms with Crippen molar-refractivity contribution in [2.45, 2.75) is 44.2 Å². The fraction of sp³-hybridized carbons (Fsp3) is 0.333. The second-order valence-electron chi connectivity index (χ2n) is 6.51. The topological polar surface area (TPSA) is 12.0 Å². The summed E-state index contributed by atoms with van der Waals surface area (Å²) >= 11 is 1.30. The van der Waals surface area contributed by atoms with Crippen molar-refractivity contribution >= 4 is 17.6 Å². The average molecular weight is 339 g/mol. The normalized spacial score (nSPS) is 12.3. The zero-order chi connectivity index (χ0) is 17.3. The minimum Gasteiger partial charge on any atom is -0.326 e. The van der Waals surface area contributed by atoms with Gasteiger partial charge in [-0.3, -0.25) is 0 Å². The molecule has 0 aliphatic carbocycles. The maximum absolute atomic E-state index is 12.5. The van der Waals surface area contributed by atoms with Crippen molar-refractivity contribution in [3.8, 4) is 0 Å². The van der Waals surface area contributed by atoms with Gasteiger partial charge in [0.1, 0.15) is 0 Å². The van der Waals surface area contributed by atoms with Crippen molar-refractivity contribution in [3.05, 3.63) is 59.2 Å². The molecule has 0 bridgehead atoms. The number of halogens is 3. The SMILES string of the molecule is Cc1cc(NSc2ccc(C(F)(F)F)cc2)ccc1C(C)(C)C. The molecule has 0 aliphatic rings. The molecule has 0 aliphatic heterocycles. The third-order valence-electron chi connectivity index (χ3n) is 3.50. The number of nitrogens with one attached hydrogen (secondary N) is 1. The van der Waals surface area contributed by atoms with Crippen LogP contribution in [0.4, 0.5) is 18.9 Å². The van der Waals surface area contributed by atoms with Crippen LogP contribution >= 0.6 is 11.9 Å². The largest absolute Gasteiger partial charge is 0.416 e. The van der Waals surface area contributed by atoms with Gasteiger partial charge >= 0.3 is 6.18 Å². The molecule has 0 heterocycles. The summed E-state index contributed by atoms with van der Waals surface area (Å²) in [6.45, 7) is 8.56. The Hall–Kier alpha value is -1.62. The molecule has 2 aromatic carbocycles. The summed E-state index contributed by atoms with van der Waals surface area (Å²) in [6, 6.07) is 11.3. The number of hydrogen-bond donors (Lipinski definition) is 1. The quantitative estimate of drug-likeness (QED) is 0.647. The number of hydrogen-bond acceptors (Lipinski definition) is 2. The molecule has 1 nitrogen and oxygen atoms in total. The first kappa shape index (κ1) is 17.7. The van der Waals surface area contributed by atoms with Gasteiger partial charge in [0.2, 0.25) is 0 Å². The van der Waals surface area contributed by atoms with Crippen LogP contribution < -0.4 is 4.72 Å². The van der Waals surface area contributed by atoms with Gasteiger partial charge < -0.3 is 4.72 Å². The third-order valence-corrected chi connectivity index (χ3v) is 4.35. The average Bonchev–Trinajstić information content (AvgIpc) is 2.43. The molecule has 0 radical (unpaired) electrons. The van der Waals surface area contributed by atoms with Gasteiger partial charge in [-0.05, 0) is 71.8 Å². The molecular weight excluding hydrogens is 319 g/mol. The Labute approximate surface area is 139 Å². The van der Waals surface area contributed by atoms with Gasteiger partial charge in [0, 0.05) is 10.6 Å². The minimum atomic E-state index is -4.30. The van der Waals surface area contributed by atoms with E-state index >= 15 is 0 Å². The highest BCUT2D eigenvalue weighted by Crippen LogP contribution is 2.32. The summed E-state index contributed by atoms with van der Waals surface area (Å²) in [5.41, 5.74) is 2.86. The maximum atomic E-state index is 12.5. The predicted molar refractivity (Wildman–Crippen MR) is 90.8 cm³/mol. The van der Waals surface area contributed by atoms with Crippen LogP contribution in [-0.4, -0.2) is 0 Å². The molecule has 0 amide bonds. The fourth-order valence-corrected chi connectivity index (χ4v) is 3.03. The van der Waals surface area contributed by atoms with E-state index in [-0.39, 0.29) is 5.41 Å². The lowest BCUT2D eigenvalue weighted by Crippen LogP contribution is -2.12. The van der Waals surface area contributed by atoms with Crippen molar-refractivity contribution in [2.75, 3.05) is 4.72 Å². The van der Waals surface area contributed by atoms with Crippen molar-refractivity contribution < 1.29 is 13.2 Å². The summed E-state index contributed by atoms with van der Waals surface area (Å²) in [4.78, 5) is 0.732. The van der Waals surface area contributed by atoms with Gasteiger partial charge in [-0.25, -0.2) is 0 Å². The Morgan fingerprint density at radius 3 is 2.00 bits per heavy atom. The van der Waals surface area contributed by atoms with E-state index in [1.54, 1.807) is 0 Å². The van der Waals surface area contributed by atoms with Crippen LogP contribution in [0.1, 0.15) is 37.5 Å². The molecule has 2 rings (SSSR count). The minimum absolute atomic E-state index is 0.0865. The molecule has 0 aromatic heterocycles. The van der Waals surface area contributed by atoms with E-state index in [4.69, 9.17) is 0 Å². The molecule has 0 atom stereocenters. The van der Waals surface area contributed by atoms with Crippen molar-refractivity contribution in [3.63, 3.8) is 0 Å². The second-order valence-corrected chi connectivity index (χ2v) is 7.39. The van der Waals surface area contributed by atoms with E-state index in [0.29, 0.717) is 0 Å². The van der Waals surface area contributed by atoms with Crippen LogP contribution in [0, 0.1) is 6.92 Å². The second kappa shape index (κ2) is 6.48. The molecular formula is C18H20F3NS. The zero-order valence-electron chi connectivity index (χ0n) is 13.6. The lowest BCUT2D eigenvalue weighted by atomic mass is 9.84. The highest BCUT2D eigenvalue weighted by molar-refractivity contribution is 8.00. The van der Waals surface area contributed by atoms with Gasteiger partial charge in [-0.2, -0.15) is 13.2 Å². The van der Waals surface area contributed by atoms with Gasteiger partial charge in [0.15, 0.2) is 0 Å². The van der Waals surface area contributed by atoms with E-state index in [1.807, 2.05) is 6.07 Å². The lowest BCUT2D eigenvalue weighted by molar-refractivity contribution is -0.137. The molecule has 0 saturated heterocycles. The number of rotatable bonds is 3. The molecule has 0 unspecified atom stereocenters. The smallest absolute Gasteiger partial charge is 0.326 e. The van der Waals surface area contributed by atoms with Gasteiger partial charge in [0.05, 0.1) is 5.56 Å². The number of alkyl halides is 3. The molecule has 1 N–H and O–H groups in total. The van der Waals surface area contributed by atoms with E-state index in [9.17, 15) is 13.2 Å². The Morgan fingerprint density at radius 1 is 0.913 bits per heavy atom. The van der Waals surface area contributed by atoms with Crippen LogP contribution in [0.25, 0.3) is 0 Å². The van der Waals surface area contributed by atoms with Crippen molar-refractivity contribution in [2.24, 2.45) is 0 Å². The van der Waals surface area contributed by atoms with Crippen molar-refractivity contribution in [1.82, 2.24) is 0 Å². The van der Waals surface area contributed by atoms with Gasteiger partial charge in [-0.1, -0.05) is 26.8 Å². The van der Waals surface area contributed by atoms with Gasteiger partial charge in [0.25, 0.3) is 0 Å². The van der Waals surface area contributed by atoms with Crippen LogP contribution in [-0.2, 0) is 11.6 Å². The van der Waals surface area contributed by atoms with E-state index in [1.165, 1.54) is 35.2 Å². The molecule has 124 valence electrons. The summed E-state index contributed by atoms with van der Waals surface area (Å²) in [5.74, 6) is 0. The Morgan fingerprint density at radius 2 is 1.52 bits per heavy atom. The van der Waals surface area contributed by atoms with E-state index < -0.39 is 11.7 Å². The zero-order valence-corrected chi connectivity index (χ0v) is 14.4. The van der Waals surface area contributed by atoms with Crippen LogP contribution in [0.2, 0.25) is 0 Å². The van der Waals surface area contributed by atoms with Crippen LogP contribution in [0.3, 0.4) is 0 Å².